The maximum Gasteiger partial charge on any atom is 0.252 e. The molecular formula is C15H16N2O3. The molecule has 2 aromatic rings. The van der Waals surface area contributed by atoms with Crippen LogP contribution in [0.2, 0.25) is 0 Å². The van der Waals surface area contributed by atoms with Gasteiger partial charge in [-0.3, -0.25) is 4.79 Å². The Kier molecular flexibility index (Phi) is 4.10. The van der Waals surface area contributed by atoms with Crippen LogP contribution >= 0.6 is 0 Å². The summed E-state index contributed by atoms with van der Waals surface area (Å²) in [6.07, 6.45) is 0. The number of methoxy groups -OCH3 is 1. The summed E-state index contributed by atoms with van der Waals surface area (Å²) >= 11 is 0. The normalized spacial score (nSPS) is 10.1. The van der Waals surface area contributed by atoms with Gasteiger partial charge < -0.3 is 20.9 Å². The Balaban J connectivity index is 2.22. The number of hydrogen-bond donors (Lipinski definition) is 2. The Morgan fingerprint density at radius 3 is 2.60 bits per heavy atom. The van der Waals surface area contributed by atoms with Crippen LogP contribution in [-0.2, 0) is 6.61 Å². The molecule has 0 bridgehead atoms. The zero-order valence-electron chi connectivity index (χ0n) is 11.1. The molecule has 2 rings (SSSR count). The highest BCUT2D eigenvalue weighted by molar-refractivity contribution is 5.96. The first-order valence-electron chi connectivity index (χ1n) is 6.06. The van der Waals surface area contributed by atoms with Gasteiger partial charge in [0.05, 0.1) is 12.7 Å². The van der Waals surface area contributed by atoms with E-state index in [1.807, 2.05) is 24.3 Å². The molecule has 5 nitrogen and oxygen atoms in total. The van der Waals surface area contributed by atoms with Crippen molar-refractivity contribution in [3.63, 3.8) is 0 Å². The summed E-state index contributed by atoms with van der Waals surface area (Å²) in [6.45, 7) is 0.258. The highest BCUT2D eigenvalue weighted by Gasteiger charge is 2.11. The number of para-hydroxylation sites is 1. The molecule has 0 unspecified atom stereocenters. The van der Waals surface area contributed by atoms with Crippen molar-refractivity contribution in [2.75, 3.05) is 12.8 Å². The summed E-state index contributed by atoms with van der Waals surface area (Å²) in [4.78, 5) is 11.3. The number of nitrogen functional groups attached to an aromatic ring is 1. The van der Waals surface area contributed by atoms with Crippen molar-refractivity contribution in [1.29, 1.82) is 0 Å². The molecule has 0 aliphatic rings. The first kappa shape index (κ1) is 13.7. The highest BCUT2D eigenvalue weighted by Crippen LogP contribution is 2.24. The van der Waals surface area contributed by atoms with E-state index in [1.54, 1.807) is 25.3 Å². The molecule has 1 amide bonds. The summed E-state index contributed by atoms with van der Waals surface area (Å²) in [5.41, 5.74) is 12.7. The minimum absolute atomic E-state index is 0.258. The van der Waals surface area contributed by atoms with Gasteiger partial charge in [-0.25, -0.2) is 0 Å². The monoisotopic (exact) mass is 272 g/mol. The molecule has 0 aromatic heterocycles. The van der Waals surface area contributed by atoms with Crippen molar-refractivity contribution >= 4 is 11.6 Å². The topological polar surface area (TPSA) is 87.6 Å². The molecular weight excluding hydrogens is 256 g/mol. The van der Waals surface area contributed by atoms with E-state index in [-0.39, 0.29) is 6.61 Å². The average Bonchev–Trinajstić information content (AvgIpc) is 2.45. The molecule has 0 atom stereocenters. The van der Waals surface area contributed by atoms with Crippen LogP contribution in [0.3, 0.4) is 0 Å². The molecule has 20 heavy (non-hydrogen) atoms. The Bertz CT molecular complexity index is 626. The number of carbonyl (C=O) groups excluding carboxylic acids is 1. The van der Waals surface area contributed by atoms with Crippen molar-refractivity contribution in [2.45, 2.75) is 6.61 Å². The number of benzene rings is 2. The summed E-state index contributed by atoms with van der Waals surface area (Å²) < 4.78 is 10.9. The minimum Gasteiger partial charge on any atom is -0.496 e. The molecule has 0 saturated heterocycles. The number of rotatable bonds is 5. The van der Waals surface area contributed by atoms with E-state index in [0.29, 0.717) is 17.0 Å². The Hall–Kier alpha value is -2.69. The molecule has 5 heteroatoms. The zero-order valence-corrected chi connectivity index (χ0v) is 11.1. The second kappa shape index (κ2) is 5.97. The second-order valence-corrected chi connectivity index (χ2v) is 4.22. The van der Waals surface area contributed by atoms with E-state index in [4.69, 9.17) is 20.9 Å². The molecule has 0 heterocycles. The summed E-state index contributed by atoms with van der Waals surface area (Å²) in [7, 11) is 1.59. The maximum atomic E-state index is 11.3. The van der Waals surface area contributed by atoms with Gasteiger partial charge in [-0.2, -0.15) is 0 Å². The summed E-state index contributed by atoms with van der Waals surface area (Å²) in [5.74, 6) is 0.528. The van der Waals surface area contributed by atoms with Crippen LogP contribution in [0.1, 0.15) is 15.9 Å². The van der Waals surface area contributed by atoms with Gasteiger partial charge in [0.15, 0.2) is 0 Å². The molecule has 0 fully saturated rings. The lowest BCUT2D eigenvalue weighted by molar-refractivity contribution is 0.0996. The van der Waals surface area contributed by atoms with E-state index in [1.165, 1.54) is 0 Å². The third-order valence-electron chi connectivity index (χ3n) is 2.85. The predicted octanol–water partition coefficient (Wildman–Crippen LogP) is 1.96. The van der Waals surface area contributed by atoms with Crippen LogP contribution in [0.4, 0.5) is 5.69 Å². The van der Waals surface area contributed by atoms with Gasteiger partial charge >= 0.3 is 0 Å². The van der Waals surface area contributed by atoms with Crippen molar-refractivity contribution < 1.29 is 14.3 Å². The molecule has 2 aromatic carbocycles. The maximum absolute atomic E-state index is 11.3. The fraction of sp³-hybridized carbons (Fsp3) is 0.133. The minimum atomic E-state index is -0.556. The molecule has 4 N–H and O–H groups in total. The SMILES string of the molecule is COc1ccccc1COc1cc(N)ccc1C(N)=O. The van der Waals surface area contributed by atoms with E-state index >= 15 is 0 Å². The van der Waals surface area contributed by atoms with Crippen LogP contribution in [0.25, 0.3) is 0 Å². The number of anilines is 1. The van der Waals surface area contributed by atoms with E-state index in [0.717, 1.165) is 11.3 Å². The summed E-state index contributed by atoms with van der Waals surface area (Å²) in [5, 5.41) is 0. The number of nitrogens with two attached hydrogens (primary N) is 2. The first-order chi connectivity index (χ1) is 9.61. The van der Waals surface area contributed by atoms with E-state index in [9.17, 15) is 4.79 Å². The smallest absolute Gasteiger partial charge is 0.252 e. The predicted molar refractivity (Wildman–Crippen MR) is 76.7 cm³/mol. The van der Waals surface area contributed by atoms with Crippen LogP contribution in [-0.4, -0.2) is 13.0 Å². The fourth-order valence-electron chi connectivity index (χ4n) is 1.84. The standard InChI is InChI=1S/C15H16N2O3/c1-19-13-5-3-2-4-10(13)9-20-14-8-11(16)6-7-12(14)15(17)18/h2-8H,9,16H2,1H3,(H2,17,18). The fourth-order valence-corrected chi connectivity index (χ4v) is 1.84. The van der Waals surface area contributed by atoms with Gasteiger partial charge in [-0.05, 0) is 18.2 Å². The van der Waals surface area contributed by atoms with Gasteiger partial charge in [-0.15, -0.1) is 0 Å². The quantitative estimate of drug-likeness (QED) is 0.814. The molecule has 0 aliphatic heterocycles. The number of carbonyl (C=O) groups is 1. The summed E-state index contributed by atoms with van der Waals surface area (Å²) in [6, 6.07) is 12.2. The lowest BCUT2D eigenvalue weighted by Gasteiger charge is -2.12. The lowest BCUT2D eigenvalue weighted by Crippen LogP contribution is -2.13. The van der Waals surface area contributed by atoms with Crippen molar-refractivity contribution in [1.82, 2.24) is 0 Å². The largest absolute Gasteiger partial charge is 0.496 e. The highest BCUT2D eigenvalue weighted by atomic mass is 16.5. The number of amides is 1. The zero-order chi connectivity index (χ0) is 14.5. The Morgan fingerprint density at radius 2 is 1.90 bits per heavy atom. The van der Waals surface area contributed by atoms with E-state index < -0.39 is 5.91 Å². The van der Waals surface area contributed by atoms with Crippen LogP contribution in [0, 0.1) is 0 Å². The van der Waals surface area contributed by atoms with Gasteiger partial charge in [0.1, 0.15) is 18.1 Å². The van der Waals surface area contributed by atoms with Gasteiger partial charge in [-0.1, -0.05) is 18.2 Å². The molecule has 0 saturated carbocycles. The van der Waals surface area contributed by atoms with Crippen LogP contribution in [0.15, 0.2) is 42.5 Å². The molecule has 0 radical (unpaired) electrons. The van der Waals surface area contributed by atoms with Crippen molar-refractivity contribution in [2.24, 2.45) is 5.73 Å². The first-order valence-corrected chi connectivity index (χ1v) is 6.06. The number of primary amides is 1. The Morgan fingerprint density at radius 1 is 1.15 bits per heavy atom. The second-order valence-electron chi connectivity index (χ2n) is 4.22. The van der Waals surface area contributed by atoms with Crippen LogP contribution < -0.4 is 20.9 Å². The van der Waals surface area contributed by atoms with Crippen molar-refractivity contribution in [3.05, 3.63) is 53.6 Å². The number of ether oxygens (including phenoxy) is 2. The molecule has 0 aliphatic carbocycles. The van der Waals surface area contributed by atoms with Gasteiger partial charge in [0.25, 0.3) is 5.91 Å². The lowest BCUT2D eigenvalue weighted by atomic mass is 10.1. The van der Waals surface area contributed by atoms with Gasteiger partial charge in [0, 0.05) is 17.3 Å². The Labute approximate surface area is 117 Å². The molecule has 104 valence electrons. The third kappa shape index (κ3) is 3.00. The van der Waals surface area contributed by atoms with Gasteiger partial charge in [0.2, 0.25) is 0 Å². The molecule has 0 spiro atoms. The number of hydrogen-bond acceptors (Lipinski definition) is 4. The third-order valence-corrected chi connectivity index (χ3v) is 2.85. The average molecular weight is 272 g/mol. The van der Waals surface area contributed by atoms with Crippen molar-refractivity contribution in [3.8, 4) is 11.5 Å². The van der Waals surface area contributed by atoms with E-state index in [2.05, 4.69) is 0 Å². The van der Waals surface area contributed by atoms with Crippen LogP contribution in [0.5, 0.6) is 11.5 Å².